The lowest BCUT2D eigenvalue weighted by Gasteiger charge is -2.19. The van der Waals surface area contributed by atoms with E-state index in [0.29, 0.717) is 0 Å². The topological polar surface area (TPSA) is 104 Å². The minimum absolute atomic E-state index is 0.0978. The predicted octanol–water partition coefficient (Wildman–Crippen LogP) is 1.10. The zero-order valence-corrected chi connectivity index (χ0v) is 11.0. The van der Waals surface area contributed by atoms with Gasteiger partial charge in [-0.3, -0.25) is 9.59 Å². The van der Waals surface area contributed by atoms with Gasteiger partial charge in [-0.15, -0.1) is 0 Å². The van der Waals surface area contributed by atoms with Crippen LogP contribution in [0.5, 0.6) is 0 Å². The molecule has 0 aromatic carbocycles. The van der Waals surface area contributed by atoms with Crippen molar-refractivity contribution in [2.75, 3.05) is 0 Å². The third-order valence-electron chi connectivity index (χ3n) is 2.91. The number of hydrogen-bond acceptors (Lipinski definition) is 3. The number of aliphatic carboxylic acids is 2. The molecular formula is C12H21NO5. The minimum Gasteiger partial charge on any atom is -0.481 e. The zero-order chi connectivity index (χ0) is 14.3. The van der Waals surface area contributed by atoms with Crippen molar-refractivity contribution in [3.8, 4) is 0 Å². The molecule has 0 aromatic heterocycles. The Labute approximate surface area is 106 Å². The van der Waals surface area contributed by atoms with Crippen molar-refractivity contribution in [1.82, 2.24) is 5.32 Å². The molecule has 0 aliphatic heterocycles. The number of amides is 1. The fourth-order valence-corrected chi connectivity index (χ4v) is 1.32. The van der Waals surface area contributed by atoms with Crippen molar-refractivity contribution in [3.63, 3.8) is 0 Å². The molecule has 0 aliphatic carbocycles. The fraction of sp³-hybridized carbons (Fsp3) is 0.750. The molecule has 0 radical (unpaired) electrons. The smallest absolute Gasteiger partial charge is 0.326 e. The molecule has 6 nitrogen and oxygen atoms in total. The van der Waals surface area contributed by atoms with Crippen LogP contribution in [0.2, 0.25) is 0 Å². The van der Waals surface area contributed by atoms with Crippen molar-refractivity contribution in [2.24, 2.45) is 11.8 Å². The molecule has 0 saturated carbocycles. The summed E-state index contributed by atoms with van der Waals surface area (Å²) in [5.74, 6) is -2.57. The molecule has 0 spiro atoms. The summed E-state index contributed by atoms with van der Waals surface area (Å²) >= 11 is 0. The second-order valence-electron chi connectivity index (χ2n) is 4.72. The number of rotatable bonds is 8. The average Bonchev–Trinajstić information content (AvgIpc) is 2.25. The van der Waals surface area contributed by atoms with E-state index in [9.17, 15) is 14.4 Å². The first-order valence-electron chi connectivity index (χ1n) is 6.00. The molecule has 0 aromatic rings. The number of nitrogens with one attached hydrogen (secondary N) is 1. The Hall–Kier alpha value is -1.59. The summed E-state index contributed by atoms with van der Waals surface area (Å²) in [6.07, 6.45) is 0.250. The molecule has 0 bridgehead atoms. The zero-order valence-electron chi connectivity index (χ0n) is 11.0. The highest BCUT2D eigenvalue weighted by atomic mass is 16.4. The first-order chi connectivity index (χ1) is 8.25. The summed E-state index contributed by atoms with van der Waals surface area (Å²) in [4.78, 5) is 33.0. The van der Waals surface area contributed by atoms with Gasteiger partial charge in [-0.25, -0.2) is 4.79 Å². The van der Waals surface area contributed by atoms with E-state index in [1.165, 1.54) is 0 Å². The van der Waals surface area contributed by atoms with E-state index >= 15 is 0 Å². The highest BCUT2D eigenvalue weighted by Crippen LogP contribution is 2.11. The van der Waals surface area contributed by atoms with Gasteiger partial charge >= 0.3 is 11.9 Å². The molecular weight excluding hydrogens is 238 g/mol. The van der Waals surface area contributed by atoms with Crippen molar-refractivity contribution < 1.29 is 24.6 Å². The van der Waals surface area contributed by atoms with E-state index in [4.69, 9.17) is 10.2 Å². The SMILES string of the molecule is CC(C)C(C)C(=O)N[C@H](CCCC(=O)O)C(=O)O. The number of carbonyl (C=O) groups is 3. The number of carboxylic acids is 2. The van der Waals surface area contributed by atoms with Gasteiger partial charge in [0, 0.05) is 12.3 Å². The molecule has 104 valence electrons. The van der Waals surface area contributed by atoms with Gasteiger partial charge in [-0.2, -0.15) is 0 Å². The molecule has 3 N–H and O–H groups in total. The van der Waals surface area contributed by atoms with Gasteiger partial charge in [0.2, 0.25) is 5.91 Å². The minimum atomic E-state index is -1.13. The van der Waals surface area contributed by atoms with E-state index in [2.05, 4.69) is 5.32 Å². The van der Waals surface area contributed by atoms with E-state index in [1.807, 2.05) is 13.8 Å². The molecule has 18 heavy (non-hydrogen) atoms. The first-order valence-corrected chi connectivity index (χ1v) is 6.00. The third kappa shape index (κ3) is 6.22. The van der Waals surface area contributed by atoms with Gasteiger partial charge in [-0.1, -0.05) is 20.8 Å². The van der Waals surface area contributed by atoms with Gasteiger partial charge in [-0.05, 0) is 18.8 Å². The highest BCUT2D eigenvalue weighted by molar-refractivity contribution is 5.84. The summed E-state index contributed by atoms with van der Waals surface area (Å²) in [5.41, 5.74) is 0. The molecule has 0 rings (SSSR count). The van der Waals surface area contributed by atoms with Gasteiger partial charge in [0.25, 0.3) is 0 Å². The maximum absolute atomic E-state index is 11.7. The van der Waals surface area contributed by atoms with Crippen molar-refractivity contribution in [3.05, 3.63) is 0 Å². The van der Waals surface area contributed by atoms with E-state index in [1.54, 1.807) is 6.92 Å². The Morgan fingerprint density at radius 1 is 1.11 bits per heavy atom. The summed E-state index contributed by atoms with van der Waals surface area (Å²) in [6.45, 7) is 5.49. The Balaban J connectivity index is 4.31. The normalized spacial score (nSPS) is 14.0. The molecule has 0 aliphatic rings. The van der Waals surface area contributed by atoms with Crippen LogP contribution in [0, 0.1) is 11.8 Å². The van der Waals surface area contributed by atoms with Crippen LogP contribution < -0.4 is 5.32 Å². The van der Waals surface area contributed by atoms with Crippen LogP contribution in [0.4, 0.5) is 0 Å². The summed E-state index contributed by atoms with van der Waals surface area (Å²) in [5, 5.41) is 19.9. The lowest BCUT2D eigenvalue weighted by Crippen LogP contribution is -2.44. The predicted molar refractivity (Wildman–Crippen MR) is 65.1 cm³/mol. The quantitative estimate of drug-likeness (QED) is 0.605. The number of carboxylic acid groups (broad SMARTS) is 2. The second kappa shape index (κ2) is 7.68. The van der Waals surface area contributed by atoms with Crippen LogP contribution in [-0.4, -0.2) is 34.1 Å². The van der Waals surface area contributed by atoms with Crippen LogP contribution in [-0.2, 0) is 14.4 Å². The molecule has 0 saturated heterocycles. The third-order valence-corrected chi connectivity index (χ3v) is 2.91. The lowest BCUT2D eigenvalue weighted by atomic mass is 9.96. The van der Waals surface area contributed by atoms with E-state index in [-0.39, 0.29) is 37.0 Å². The fourth-order valence-electron chi connectivity index (χ4n) is 1.32. The summed E-state index contributed by atoms with van der Waals surface area (Å²) in [6, 6.07) is -1.02. The Bertz CT molecular complexity index is 314. The number of carbonyl (C=O) groups excluding carboxylic acids is 1. The highest BCUT2D eigenvalue weighted by Gasteiger charge is 2.24. The molecule has 0 heterocycles. The monoisotopic (exact) mass is 259 g/mol. The summed E-state index contributed by atoms with van der Waals surface area (Å²) in [7, 11) is 0. The van der Waals surface area contributed by atoms with Crippen molar-refractivity contribution in [1.29, 1.82) is 0 Å². The van der Waals surface area contributed by atoms with Crippen LogP contribution in [0.3, 0.4) is 0 Å². The van der Waals surface area contributed by atoms with Crippen LogP contribution in [0.1, 0.15) is 40.0 Å². The molecule has 0 fully saturated rings. The van der Waals surface area contributed by atoms with E-state index < -0.39 is 18.0 Å². The van der Waals surface area contributed by atoms with Crippen molar-refractivity contribution in [2.45, 2.75) is 46.1 Å². The molecule has 1 amide bonds. The Kier molecular flexibility index (Phi) is 7.00. The van der Waals surface area contributed by atoms with Gasteiger partial charge in [0.1, 0.15) is 6.04 Å². The van der Waals surface area contributed by atoms with Gasteiger partial charge in [0.15, 0.2) is 0 Å². The maximum Gasteiger partial charge on any atom is 0.326 e. The first kappa shape index (κ1) is 16.4. The van der Waals surface area contributed by atoms with E-state index in [0.717, 1.165) is 0 Å². The Morgan fingerprint density at radius 2 is 1.67 bits per heavy atom. The molecule has 1 unspecified atom stereocenters. The second-order valence-corrected chi connectivity index (χ2v) is 4.72. The largest absolute Gasteiger partial charge is 0.481 e. The lowest BCUT2D eigenvalue weighted by molar-refractivity contribution is -0.143. The van der Waals surface area contributed by atoms with Gasteiger partial charge in [0.05, 0.1) is 0 Å². The van der Waals surface area contributed by atoms with Gasteiger partial charge < -0.3 is 15.5 Å². The molecule has 6 heteroatoms. The Morgan fingerprint density at radius 3 is 2.06 bits per heavy atom. The summed E-state index contributed by atoms with van der Waals surface area (Å²) < 4.78 is 0. The average molecular weight is 259 g/mol. The van der Waals surface area contributed by atoms with Crippen LogP contribution >= 0.6 is 0 Å². The number of hydrogen-bond donors (Lipinski definition) is 3. The maximum atomic E-state index is 11.7. The van der Waals surface area contributed by atoms with Crippen LogP contribution in [0.25, 0.3) is 0 Å². The molecule has 2 atom stereocenters. The van der Waals surface area contributed by atoms with Crippen molar-refractivity contribution >= 4 is 17.8 Å². The standard InChI is InChI=1S/C12H21NO5/c1-7(2)8(3)11(16)13-9(12(17)18)5-4-6-10(14)15/h7-9H,4-6H2,1-3H3,(H,13,16)(H,14,15)(H,17,18)/t8?,9-/m1/s1. The van der Waals surface area contributed by atoms with Crippen LogP contribution in [0.15, 0.2) is 0 Å².